The lowest BCUT2D eigenvalue weighted by atomic mass is 10.3. The van der Waals surface area contributed by atoms with Crippen LogP contribution >= 0.6 is 0 Å². The first kappa shape index (κ1) is 13.0. The Labute approximate surface area is 69.8 Å². The van der Waals surface area contributed by atoms with Gasteiger partial charge in [0, 0.05) is 0 Å². The minimum atomic E-state index is 0.0370. The number of hydrogen-bond acceptors (Lipinski definition) is 0. The summed E-state index contributed by atoms with van der Waals surface area (Å²) in [5, 5.41) is 0. The summed E-state index contributed by atoms with van der Waals surface area (Å²) in [4.78, 5) is 0. The average molecular weight is 158 g/mol. The summed E-state index contributed by atoms with van der Waals surface area (Å²) in [6.07, 6.45) is 5.70. The summed E-state index contributed by atoms with van der Waals surface area (Å²) in [5.41, 5.74) is 0. The summed E-state index contributed by atoms with van der Waals surface area (Å²) in [6, 6.07) is 0. The highest BCUT2D eigenvalue weighted by Gasteiger charge is 1.87. The van der Waals surface area contributed by atoms with Gasteiger partial charge in [0.15, 0.2) is 0 Å². The van der Waals surface area contributed by atoms with Crippen LogP contribution in [0.25, 0.3) is 0 Å². The van der Waals surface area contributed by atoms with Gasteiger partial charge in [-0.05, 0) is 26.2 Å². The van der Waals surface area contributed by atoms with Gasteiger partial charge in [-0.3, -0.25) is 0 Å². The molecule has 0 aliphatic heterocycles. The van der Waals surface area contributed by atoms with Crippen molar-refractivity contribution in [1.82, 2.24) is 0 Å². The number of rotatable bonds is 3. The van der Waals surface area contributed by atoms with E-state index in [4.69, 9.17) is 0 Å². The Bertz CT molecular complexity index is 103. The third-order valence-electron chi connectivity index (χ3n) is 0.914. The van der Waals surface area contributed by atoms with E-state index >= 15 is 0 Å². The molecule has 0 amide bonds. The van der Waals surface area contributed by atoms with E-state index < -0.39 is 0 Å². The Morgan fingerprint density at radius 1 is 1.45 bits per heavy atom. The van der Waals surface area contributed by atoms with Gasteiger partial charge in [-0.2, -0.15) is 0 Å². The van der Waals surface area contributed by atoms with Gasteiger partial charge < -0.3 is 0 Å². The highest BCUT2D eigenvalue weighted by molar-refractivity contribution is 4.89. The molecule has 0 rings (SSSR count). The molecule has 0 bridgehead atoms. The largest absolute Gasteiger partial charge is 0.212 e. The molecule has 0 aromatic heterocycles. The Balaban J connectivity index is 0. The van der Waals surface area contributed by atoms with Crippen molar-refractivity contribution in [3.63, 3.8) is 0 Å². The van der Waals surface area contributed by atoms with Crippen molar-refractivity contribution in [2.75, 3.05) is 0 Å². The first-order chi connectivity index (χ1) is 5.22. The zero-order chi connectivity index (χ0) is 9.11. The van der Waals surface area contributed by atoms with Gasteiger partial charge >= 0.3 is 0 Å². The molecule has 0 unspecified atom stereocenters. The smallest absolute Gasteiger partial charge is 0.0959 e. The fourth-order valence-corrected chi connectivity index (χ4v) is 0.562. The maximum atomic E-state index is 12.3. The lowest BCUT2D eigenvalue weighted by Crippen LogP contribution is -1.70. The third-order valence-corrected chi connectivity index (χ3v) is 0.914. The molecule has 66 valence electrons. The van der Waals surface area contributed by atoms with Crippen LogP contribution in [0.2, 0.25) is 0 Å². The molecule has 11 heavy (non-hydrogen) atoms. The Morgan fingerprint density at radius 3 is 2.18 bits per heavy atom. The van der Waals surface area contributed by atoms with Gasteiger partial charge in [-0.25, -0.2) is 4.39 Å². The SMILES string of the molecule is C=CC.CC/C=C(/F)CCC. The maximum absolute atomic E-state index is 12.3. The van der Waals surface area contributed by atoms with Crippen LogP contribution in [0.5, 0.6) is 0 Å². The number of halogens is 1. The minimum Gasteiger partial charge on any atom is -0.212 e. The van der Waals surface area contributed by atoms with Crippen molar-refractivity contribution in [1.29, 1.82) is 0 Å². The molecule has 0 fully saturated rings. The van der Waals surface area contributed by atoms with Crippen LogP contribution in [-0.2, 0) is 0 Å². The van der Waals surface area contributed by atoms with Crippen LogP contribution in [0.4, 0.5) is 4.39 Å². The standard InChI is InChI=1S/C7H13F.C3H6/c1-3-5-7(8)6-4-2;1-3-2/h5H,3-4,6H2,1-2H3;3H,1H2,2H3/b7-5+;. The van der Waals surface area contributed by atoms with Gasteiger partial charge in [-0.1, -0.05) is 26.0 Å². The first-order valence-electron chi connectivity index (χ1n) is 4.14. The van der Waals surface area contributed by atoms with Crippen molar-refractivity contribution in [3.8, 4) is 0 Å². The molecule has 0 radical (unpaired) electrons. The molecule has 0 saturated carbocycles. The molecular weight excluding hydrogens is 139 g/mol. The predicted octanol–water partition coefficient (Wildman–Crippen LogP) is 4.24. The molecule has 1 heteroatoms. The van der Waals surface area contributed by atoms with Gasteiger partial charge in [0.25, 0.3) is 0 Å². The molecule has 0 saturated heterocycles. The third kappa shape index (κ3) is 17.7. The molecule has 0 aromatic carbocycles. The van der Waals surface area contributed by atoms with Crippen LogP contribution in [-0.4, -0.2) is 0 Å². The van der Waals surface area contributed by atoms with E-state index in [9.17, 15) is 4.39 Å². The monoisotopic (exact) mass is 158 g/mol. The summed E-state index contributed by atoms with van der Waals surface area (Å²) in [5.74, 6) is 0.0370. The zero-order valence-corrected chi connectivity index (χ0v) is 7.86. The summed E-state index contributed by atoms with van der Waals surface area (Å²) >= 11 is 0. The second-order valence-electron chi connectivity index (χ2n) is 2.22. The van der Waals surface area contributed by atoms with Crippen LogP contribution in [0, 0.1) is 0 Å². The topological polar surface area (TPSA) is 0 Å². The molecule has 0 atom stereocenters. The van der Waals surface area contributed by atoms with Gasteiger partial charge in [0.2, 0.25) is 0 Å². The molecule has 0 nitrogen and oxygen atoms in total. The van der Waals surface area contributed by atoms with E-state index in [1.807, 2.05) is 20.8 Å². The number of allylic oxidation sites excluding steroid dienone is 3. The molecule has 0 heterocycles. The van der Waals surface area contributed by atoms with Crippen LogP contribution in [0.1, 0.15) is 40.0 Å². The fourth-order valence-electron chi connectivity index (χ4n) is 0.562. The summed E-state index contributed by atoms with van der Waals surface area (Å²) in [7, 11) is 0. The quantitative estimate of drug-likeness (QED) is 0.539. The van der Waals surface area contributed by atoms with Crippen molar-refractivity contribution < 1.29 is 4.39 Å². The highest BCUT2D eigenvalue weighted by Crippen LogP contribution is 2.05. The molecular formula is C10H19F. The van der Waals surface area contributed by atoms with Crippen molar-refractivity contribution in [2.45, 2.75) is 40.0 Å². The van der Waals surface area contributed by atoms with Crippen LogP contribution in [0.3, 0.4) is 0 Å². The summed E-state index contributed by atoms with van der Waals surface area (Å²) < 4.78 is 12.3. The highest BCUT2D eigenvalue weighted by atomic mass is 19.1. The minimum absolute atomic E-state index is 0.0370. The predicted molar refractivity (Wildman–Crippen MR) is 50.3 cm³/mol. The van der Waals surface area contributed by atoms with E-state index in [2.05, 4.69) is 6.58 Å². The van der Waals surface area contributed by atoms with Crippen molar-refractivity contribution in [2.24, 2.45) is 0 Å². The second kappa shape index (κ2) is 12.1. The Kier molecular flexibility index (Phi) is 14.4. The van der Waals surface area contributed by atoms with Crippen LogP contribution in [0.15, 0.2) is 24.6 Å². The lowest BCUT2D eigenvalue weighted by molar-refractivity contribution is 0.579. The molecule has 0 aromatic rings. The van der Waals surface area contributed by atoms with Gasteiger partial charge in [0.05, 0.1) is 5.83 Å². The van der Waals surface area contributed by atoms with Crippen LogP contribution < -0.4 is 0 Å². The van der Waals surface area contributed by atoms with Crippen molar-refractivity contribution >= 4 is 0 Å². The van der Waals surface area contributed by atoms with E-state index in [1.54, 1.807) is 12.2 Å². The molecule has 0 aliphatic carbocycles. The molecule has 0 N–H and O–H groups in total. The zero-order valence-electron chi connectivity index (χ0n) is 7.86. The van der Waals surface area contributed by atoms with Crippen molar-refractivity contribution in [3.05, 3.63) is 24.6 Å². The maximum Gasteiger partial charge on any atom is 0.0959 e. The second-order valence-corrected chi connectivity index (χ2v) is 2.22. The van der Waals surface area contributed by atoms with E-state index in [-0.39, 0.29) is 5.83 Å². The Hall–Kier alpha value is -0.590. The van der Waals surface area contributed by atoms with E-state index in [0.717, 1.165) is 12.8 Å². The normalized spacial score (nSPS) is 10.0. The number of hydrogen-bond donors (Lipinski definition) is 0. The summed E-state index contributed by atoms with van der Waals surface area (Å²) in [6.45, 7) is 9.17. The molecule has 0 spiro atoms. The van der Waals surface area contributed by atoms with Gasteiger partial charge in [0.1, 0.15) is 0 Å². The van der Waals surface area contributed by atoms with Gasteiger partial charge in [-0.15, -0.1) is 6.58 Å². The molecule has 0 aliphatic rings. The first-order valence-corrected chi connectivity index (χ1v) is 4.14. The fraction of sp³-hybridized carbons (Fsp3) is 0.600. The van der Waals surface area contributed by atoms with E-state index in [1.165, 1.54) is 0 Å². The Morgan fingerprint density at radius 2 is 1.91 bits per heavy atom. The lowest BCUT2D eigenvalue weighted by Gasteiger charge is -1.88. The average Bonchev–Trinajstić information content (AvgIpc) is 1.90. The van der Waals surface area contributed by atoms with E-state index in [0.29, 0.717) is 6.42 Å².